The molecule has 2 fully saturated rings. The summed E-state index contributed by atoms with van der Waals surface area (Å²) in [5.74, 6) is 1.14. The number of halogens is 1. The fraction of sp³-hybridized carbons (Fsp3) is 0.368. The molecule has 1 aliphatic carbocycles. The zero-order chi connectivity index (χ0) is 20.0. The molecule has 0 atom stereocenters. The van der Waals surface area contributed by atoms with Crippen LogP contribution in [-0.2, 0) is 10.0 Å². The number of nitrogens with zero attached hydrogens (tertiary/aromatic N) is 4. The van der Waals surface area contributed by atoms with Crippen LogP contribution in [0.25, 0.3) is 11.4 Å². The molecule has 10 heteroatoms. The molecule has 0 N–H and O–H groups in total. The number of rotatable bonds is 5. The van der Waals surface area contributed by atoms with Crippen LogP contribution in [0, 0.1) is 5.82 Å². The number of benzene rings is 1. The number of hydrogen-bond donors (Lipinski definition) is 0. The summed E-state index contributed by atoms with van der Waals surface area (Å²) in [6.45, 7) is 1.86. The molecule has 1 aromatic carbocycles. The van der Waals surface area contributed by atoms with E-state index >= 15 is 0 Å². The molecular weight excluding hydrogens is 415 g/mol. The summed E-state index contributed by atoms with van der Waals surface area (Å²) >= 11 is 1.17. The Morgan fingerprint density at radius 3 is 2.52 bits per heavy atom. The first-order chi connectivity index (χ1) is 14.0. The average molecular weight is 435 g/mol. The number of aromatic nitrogens is 2. The second-order valence-corrected chi connectivity index (χ2v) is 10.3. The second-order valence-electron chi connectivity index (χ2n) is 7.25. The molecular formula is C19H19FN4O3S2. The summed E-state index contributed by atoms with van der Waals surface area (Å²) in [5, 5.41) is 5.74. The highest BCUT2D eigenvalue weighted by Gasteiger charge is 2.32. The molecule has 5 rings (SSSR count). The van der Waals surface area contributed by atoms with Crippen LogP contribution >= 0.6 is 11.3 Å². The van der Waals surface area contributed by atoms with Crippen molar-refractivity contribution in [2.75, 3.05) is 31.1 Å². The molecule has 1 saturated heterocycles. The third-order valence-corrected chi connectivity index (χ3v) is 8.54. The van der Waals surface area contributed by atoms with E-state index in [1.165, 1.54) is 27.8 Å². The largest absolute Gasteiger partial charge is 0.369 e. The van der Waals surface area contributed by atoms with Crippen LogP contribution in [0.15, 0.2) is 44.4 Å². The van der Waals surface area contributed by atoms with Crippen LogP contribution < -0.4 is 4.90 Å². The predicted molar refractivity (Wildman–Crippen MR) is 107 cm³/mol. The Bertz CT molecular complexity index is 1110. The maximum atomic E-state index is 13.1. The predicted octanol–water partition coefficient (Wildman–Crippen LogP) is 3.33. The van der Waals surface area contributed by atoms with Gasteiger partial charge in [0.15, 0.2) is 0 Å². The van der Waals surface area contributed by atoms with Crippen LogP contribution in [0.3, 0.4) is 0 Å². The first kappa shape index (κ1) is 18.7. The summed E-state index contributed by atoms with van der Waals surface area (Å²) in [7, 11) is -3.58. The number of sulfonamides is 1. The Kier molecular flexibility index (Phi) is 4.64. The Morgan fingerprint density at radius 2 is 1.83 bits per heavy atom. The van der Waals surface area contributed by atoms with Gasteiger partial charge < -0.3 is 9.42 Å². The highest BCUT2D eigenvalue weighted by atomic mass is 32.2. The Morgan fingerprint density at radius 1 is 1.10 bits per heavy atom. The van der Waals surface area contributed by atoms with Gasteiger partial charge in [0.25, 0.3) is 10.0 Å². The number of thiophene rings is 1. The van der Waals surface area contributed by atoms with E-state index in [0.717, 1.165) is 18.5 Å². The second kappa shape index (κ2) is 7.19. The fourth-order valence-corrected chi connectivity index (χ4v) is 6.12. The smallest absolute Gasteiger partial charge is 0.252 e. The monoisotopic (exact) mass is 434 g/mol. The lowest BCUT2D eigenvalue weighted by Crippen LogP contribution is -2.48. The van der Waals surface area contributed by atoms with E-state index in [1.54, 1.807) is 23.6 Å². The summed E-state index contributed by atoms with van der Waals surface area (Å²) in [6.07, 6.45) is 2.13. The lowest BCUT2D eigenvalue weighted by Gasteiger charge is -2.35. The van der Waals surface area contributed by atoms with Crippen LogP contribution in [0.4, 0.5) is 10.1 Å². The standard InChI is InChI=1S/C19H19FN4O3S2/c20-15-3-5-16(6-4-15)23-7-9-24(10-8-23)29(25,26)17-11-14(12-28-17)18-21-19(27-22-18)13-1-2-13/h3-6,11-13H,1-2,7-10H2. The molecule has 1 saturated carbocycles. The van der Waals surface area contributed by atoms with Gasteiger partial charge in [0.05, 0.1) is 0 Å². The molecule has 152 valence electrons. The number of piperazine rings is 1. The van der Waals surface area contributed by atoms with E-state index in [9.17, 15) is 12.8 Å². The minimum atomic E-state index is -3.58. The maximum absolute atomic E-state index is 13.1. The minimum absolute atomic E-state index is 0.278. The van der Waals surface area contributed by atoms with E-state index in [4.69, 9.17) is 4.52 Å². The summed E-state index contributed by atoms with van der Waals surface area (Å²) in [4.78, 5) is 6.45. The Hall–Kier alpha value is -2.30. The lowest BCUT2D eigenvalue weighted by molar-refractivity contribution is 0.380. The van der Waals surface area contributed by atoms with Gasteiger partial charge in [-0.15, -0.1) is 11.3 Å². The quantitative estimate of drug-likeness (QED) is 0.613. The lowest BCUT2D eigenvalue weighted by atomic mass is 10.2. The Labute approximate surface area is 171 Å². The van der Waals surface area contributed by atoms with Crippen molar-refractivity contribution < 1.29 is 17.3 Å². The van der Waals surface area contributed by atoms with Crippen LogP contribution in [0.1, 0.15) is 24.7 Å². The molecule has 0 bridgehead atoms. The SMILES string of the molecule is O=S(=O)(c1cc(-c2noc(C3CC3)n2)cs1)N1CCN(c2ccc(F)cc2)CC1. The van der Waals surface area contributed by atoms with Crippen LogP contribution in [0.5, 0.6) is 0 Å². The van der Waals surface area contributed by atoms with E-state index in [1.807, 2.05) is 0 Å². The molecule has 7 nitrogen and oxygen atoms in total. The van der Waals surface area contributed by atoms with Crippen molar-refractivity contribution in [2.45, 2.75) is 23.0 Å². The summed E-state index contributed by atoms with van der Waals surface area (Å²) in [6, 6.07) is 7.88. The highest BCUT2D eigenvalue weighted by molar-refractivity contribution is 7.91. The normalized spacial score (nSPS) is 18.3. The molecule has 2 aromatic heterocycles. The van der Waals surface area contributed by atoms with Crippen molar-refractivity contribution in [3.05, 3.63) is 47.4 Å². The van der Waals surface area contributed by atoms with Gasteiger partial charge in [-0.25, -0.2) is 12.8 Å². The van der Waals surface area contributed by atoms with E-state index in [-0.39, 0.29) is 10.0 Å². The van der Waals surface area contributed by atoms with Crippen molar-refractivity contribution in [3.63, 3.8) is 0 Å². The molecule has 29 heavy (non-hydrogen) atoms. The minimum Gasteiger partial charge on any atom is -0.369 e. The molecule has 0 amide bonds. The van der Waals surface area contributed by atoms with E-state index in [2.05, 4.69) is 15.0 Å². The molecule has 3 heterocycles. The van der Waals surface area contributed by atoms with Crippen LogP contribution in [-0.4, -0.2) is 49.0 Å². The van der Waals surface area contributed by atoms with Crippen molar-refractivity contribution in [1.29, 1.82) is 0 Å². The van der Waals surface area contributed by atoms with Crippen molar-refractivity contribution in [2.24, 2.45) is 0 Å². The van der Waals surface area contributed by atoms with Gasteiger partial charge in [-0.1, -0.05) is 5.16 Å². The zero-order valence-electron chi connectivity index (χ0n) is 15.5. The van der Waals surface area contributed by atoms with Crippen molar-refractivity contribution in [3.8, 4) is 11.4 Å². The van der Waals surface area contributed by atoms with Gasteiger partial charge >= 0.3 is 0 Å². The van der Waals surface area contributed by atoms with Crippen LogP contribution in [0.2, 0.25) is 0 Å². The van der Waals surface area contributed by atoms with Gasteiger partial charge in [0, 0.05) is 48.7 Å². The first-order valence-corrected chi connectivity index (χ1v) is 11.8. The van der Waals surface area contributed by atoms with Gasteiger partial charge in [-0.05, 0) is 43.2 Å². The fourth-order valence-electron chi connectivity index (χ4n) is 3.38. The molecule has 0 radical (unpaired) electrons. The van der Waals surface area contributed by atoms with Crippen molar-refractivity contribution >= 4 is 27.0 Å². The van der Waals surface area contributed by atoms with E-state index in [0.29, 0.717) is 49.4 Å². The summed E-state index contributed by atoms with van der Waals surface area (Å²) in [5.41, 5.74) is 1.56. The molecule has 2 aliphatic rings. The third kappa shape index (κ3) is 3.67. The first-order valence-electron chi connectivity index (χ1n) is 9.44. The topological polar surface area (TPSA) is 79.5 Å². The van der Waals surface area contributed by atoms with Gasteiger partial charge in [-0.3, -0.25) is 0 Å². The number of hydrogen-bond acceptors (Lipinski definition) is 7. The molecule has 0 unspecified atom stereocenters. The summed E-state index contributed by atoms with van der Waals surface area (Å²) < 4.78 is 46.2. The third-order valence-electron chi connectivity index (χ3n) is 5.23. The maximum Gasteiger partial charge on any atom is 0.252 e. The van der Waals surface area contributed by atoms with Gasteiger partial charge in [0.2, 0.25) is 11.7 Å². The number of anilines is 1. The van der Waals surface area contributed by atoms with Gasteiger partial charge in [-0.2, -0.15) is 9.29 Å². The zero-order valence-corrected chi connectivity index (χ0v) is 17.1. The van der Waals surface area contributed by atoms with Gasteiger partial charge in [0.1, 0.15) is 10.0 Å². The van der Waals surface area contributed by atoms with E-state index < -0.39 is 10.0 Å². The molecule has 1 aliphatic heterocycles. The Balaban J connectivity index is 1.28. The average Bonchev–Trinajstić information content (AvgIpc) is 3.25. The molecule has 3 aromatic rings. The molecule has 0 spiro atoms. The van der Waals surface area contributed by atoms with Crippen molar-refractivity contribution in [1.82, 2.24) is 14.4 Å². The highest BCUT2D eigenvalue weighted by Crippen LogP contribution is 2.40.